The minimum atomic E-state index is -0.0967. The van der Waals surface area contributed by atoms with Crippen LogP contribution in [0.2, 0.25) is 0 Å². The first-order chi connectivity index (χ1) is 33.5. The fourth-order valence-corrected chi connectivity index (χ4v) is 12.5. The quantitative estimate of drug-likeness (QED) is 0.161. The summed E-state index contributed by atoms with van der Waals surface area (Å²) in [5.74, 6) is 0. The summed E-state index contributed by atoms with van der Waals surface area (Å²) < 4.78 is 6.42. The summed E-state index contributed by atoms with van der Waals surface area (Å²) in [5, 5.41) is 17.5. The second-order valence-electron chi connectivity index (χ2n) is 19.4. The van der Waals surface area contributed by atoms with E-state index in [1.165, 1.54) is 131 Å². The second-order valence-corrected chi connectivity index (χ2v) is 19.4. The smallest absolute Gasteiger partial charge is 0.136 e. The fraction of sp³-hybridized carbons (Fsp3) is 0.0448. The van der Waals surface area contributed by atoms with Crippen LogP contribution < -0.4 is 0 Å². The first-order valence-electron chi connectivity index (χ1n) is 23.8. The van der Waals surface area contributed by atoms with Crippen molar-refractivity contribution in [3.05, 3.63) is 230 Å². The van der Waals surface area contributed by atoms with E-state index in [0.717, 1.165) is 21.9 Å². The van der Waals surface area contributed by atoms with Crippen molar-refractivity contribution in [1.82, 2.24) is 0 Å². The fourth-order valence-electron chi connectivity index (χ4n) is 12.5. The third kappa shape index (κ3) is 5.11. The van der Waals surface area contributed by atoms with E-state index < -0.39 is 0 Å². The van der Waals surface area contributed by atoms with E-state index in [-0.39, 0.29) is 5.41 Å². The van der Waals surface area contributed by atoms with E-state index in [4.69, 9.17) is 4.42 Å². The van der Waals surface area contributed by atoms with Crippen LogP contribution in [-0.4, -0.2) is 0 Å². The van der Waals surface area contributed by atoms with Crippen LogP contribution in [0.15, 0.2) is 223 Å². The Kier molecular flexibility index (Phi) is 7.63. The van der Waals surface area contributed by atoms with E-state index in [1.807, 2.05) is 6.07 Å². The molecule has 14 aromatic rings. The van der Waals surface area contributed by atoms with Crippen LogP contribution in [0.4, 0.5) is 0 Å². The van der Waals surface area contributed by atoms with Crippen molar-refractivity contribution in [2.24, 2.45) is 0 Å². The zero-order valence-corrected chi connectivity index (χ0v) is 37.7. The molecule has 0 unspecified atom stereocenters. The predicted octanol–water partition coefficient (Wildman–Crippen LogP) is 18.9. The molecule has 0 aliphatic heterocycles. The van der Waals surface area contributed by atoms with Gasteiger partial charge in [-0.25, -0.2) is 0 Å². The summed E-state index contributed by atoms with van der Waals surface area (Å²) in [6, 6.07) is 81.8. The van der Waals surface area contributed by atoms with Gasteiger partial charge in [0.1, 0.15) is 11.2 Å². The Labute approximate surface area is 393 Å². The van der Waals surface area contributed by atoms with E-state index in [0.29, 0.717) is 0 Å². The molecule has 1 heterocycles. The molecule has 1 heteroatoms. The first-order valence-corrected chi connectivity index (χ1v) is 23.8. The molecule has 0 spiro atoms. The van der Waals surface area contributed by atoms with Crippen LogP contribution in [0.3, 0.4) is 0 Å². The largest absolute Gasteiger partial charge is 0.456 e. The molecule has 0 saturated carbocycles. The predicted molar refractivity (Wildman–Crippen MR) is 289 cm³/mol. The number of para-hydroxylation sites is 1. The van der Waals surface area contributed by atoms with Crippen molar-refractivity contribution >= 4 is 86.6 Å². The molecule has 0 fully saturated rings. The van der Waals surface area contributed by atoms with Gasteiger partial charge in [0.25, 0.3) is 0 Å². The van der Waals surface area contributed by atoms with Gasteiger partial charge in [0, 0.05) is 21.8 Å². The standard InChI is InChI=1S/C67H42O/c1-67(2)59-26-8-6-16-48(59)49-33-32-42(36-60(49)67)64-52-24-12-20-46-44-18-10-22-50-55(44)37-56-45(47-21-13-25-53(64)58(47)38-57(46)52)19-11-23-51(56)63(50)41-30-28-39(29-31-41)43-34-35-62-66(54-17-7-9-27-61(54)68-62)65(43)40-14-4-3-5-15-40/h3-38H,1-2H3. The van der Waals surface area contributed by atoms with Gasteiger partial charge in [0.05, 0.1) is 0 Å². The van der Waals surface area contributed by atoms with Gasteiger partial charge in [0.2, 0.25) is 0 Å². The van der Waals surface area contributed by atoms with Gasteiger partial charge < -0.3 is 4.42 Å². The number of furan rings is 1. The van der Waals surface area contributed by atoms with Crippen molar-refractivity contribution in [1.29, 1.82) is 0 Å². The highest BCUT2D eigenvalue weighted by Gasteiger charge is 2.35. The van der Waals surface area contributed by atoms with E-state index in [2.05, 4.69) is 226 Å². The lowest BCUT2D eigenvalue weighted by atomic mass is 9.80. The maximum Gasteiger partial charge on any atom is 0.136 e. The second kappa shape index (κ2) is 13.8. The Bertz CT molecular complexity index is 4310. The van der Waals surface area contributed by atoms with Gasteiger partial charge >= 0.3 is 0 Å². The molecule has 0 N–H and O–H groups in total. The highest BCUT2D eigenvalue weighted by molar-refractivity contribution is 6.31. The van der Waals surface area contributed by atoms with Gasteiger partial charge in [-0.1, -0.05) is 202 Å². The Balaban J connectivity index is 0.986. The van der Waals surface area contributed by atoms with Crippen LogP contribution in [0.1, 0.15) is 25.0 Å². The van der Waals surface area contributed by atoms with Gasteiger partial charge in [-0.2, -0.15) is 0 Å². The molecule has 68 heavy (non-hydrogen) atoms. The number of hydrogen-bond acceptors (Lipinski definition) is 1. The summed E-state index contributed by atoms with van der Waals surface area (Å²) in [5.41, 5.74) is 17.0. The van der Waals surface area contributed by atoms with Crippen LogP contribution in [0.25, 0.3) is 142 Å². The van der Waals surface area contributed by atoms with Crippen molar-refractivity contribution in [3.8, 4) is 55.6 Å². The number of benzene rings is 12. The lowest BCUT2D eigenvalue weighted by Gasteiger charge is -2.23. The molecule has 1 aromatic heterocycles. The van der Waals surface area contributed by atoms with Crippen LogP contribution in [-0.2, 0) is 5.41 Å². The maximum atomic E-state index is 6.42. The third-order valence-electron chi connectivity index (χ3n) is 15.6. The molecule has 12 bridgehead atoms. The highest BCUT2D eigenvalue weighted by atomic mass is 16.3. The van der Waals surface area contributed by atoms with Crippen LogP contribution in [0.5, 0.6) is 0 Å². The molecular formula is C67H42O. The van der Waals surface area contributed by atoms with Crippen LogP contribution >= 0.6 is 0 Å². The van der Waals surface area contributed by atoms with Crippen LogP contribution in [0, 0.1) is 0 Å². The van der Waals surface area contributed by atoms with Gasteiger partial charge in [-0.3, -0.25) is 0 Å². The molecule has 15 rings (SSSR count). The molecule has 0 radical (unpaired) electrons. The number of rotatable bonds is 4. The van der Waals surface area contributed by atoms with Crippen molar-refractivity contribution < 1.29 is 4.42 Å². The van der Waals surface area contributed by atoms with E-state index in [1.54, 1.807) is 0 Å². The highest BCUT2D eigenvalue weighted by Crippen LogP contribution is 2.52. The lowest BCUT2D eigenvalue weighted by molar-refractivity contribution is 0.660. The third-order valence-corrected chi connectivity index (χ3v) is 15.6. The summed E-state index contributed by atoms with van der Waals surface area (Å²) in [6.45, 7) is 4.76. The normalized spacial score (nSPS) is 13.3. The summed E-state index contributed by atoms with van der Waals surface area (Å²) in [6.07, 6.45) is 0. The Morgan fingerprint density at radius 1 is 0.265 bits per heavy atom. The summed E-state index contributed by atoms with van der Waals surface area (Å²) in [7, 11) is 0. The molecule has 316 valence electrons. The van der Waals surface area contributed by atoms with E-state index >= 15 is 0 Å². The summed E-state index contributed by atoms with van der Waals surface area (Å²) >= 11 is 0. The van der Waals surface area contributed by atoms with Crippen molar-refractivity contribution in [2.45, 2.75) is 19.3 Å². The molecular weight excluding hydrogens is 821 g/mol. The zero-order valence-electron chi connectivity index (χ0n) is 37.7. The lowest BCUT2D eigenvalue weighted by Crippen LogP contribution is -2.14. The number of fused-ring (bicyclic) bond motifs is 8. The van der Waals surface area contributed by atoms with E-state index in [9.17, 15) is 0 Å². The monoisotopic (exact) mass is 862 g/mol. The molecule has 13 aromatic carbocycles. The van der Waals surface area contributed by atoms with Crippen molar-refractivity contribution in [2.75, 3.05) is 0 Å². The summed E-state index contributed by atoms with van der Waals surface area (Å²) in [4.78, 5) is 0. The molecule has 0 amide bonds. The molecule has 1 nitrogen and oxygen atoms in total. The molecule has 1 aliphatic rings. The SMILES string of the molecule is CC1(C)c2ccccc2-c2ccc(-c3c4cccc5c4cc4c3cccc4c3cccc4c(-c6ccc(-c7ccc8oc9ccccc9c8c7-c7ccccc7)cc6)c6cccc5c6cc43)cc21. The molecule has 0 saturated heterocycles. The van der Waals surface area contributed by atoms with Gasteiger partial charge in [-0.15, -0.1) is 0 Å². The van der Waals surface area contributed by atoms with Gasteiger partial charge in [-0.05, 0) is 156 Å². The Morgan fingerprint density at radius 3 is 1.35 bits per heavy atom. The average molecular weight is 863 g/mol. The maximum absolute atomic E-state index is 6.42. The topological polar surface area (TPSA) is 13.1 Å². The zero-order chi connectivity index (χ0) is 44.8. The Morgan fingerprint density at radius 2 is 0.721 bits per heavy atom. The van der Waals surface area contributed by atoms with Gasteiger partial charge in [0.15, 0.2) is 0 Å². The van der Waals surface area contributed by atoms with Crippen molar-refractivity contribution in [3.63, 3.8) is 0 Å². The molecule has 1 aliphatic carbocycles. The molecule has 0 atom stereocenters. The average Bonchev–Trinajstić information content (AvgIpc) is 3.88. The minimum absolute atomic E-state index is 0.0967. The first kappa shape index (κ1) is 37.7. The Hall–Kier alpha value is -8.52. The number of hydrogen-bond donors (Lipinski definition) is 0. The minimum Gasteiger partial charge on any atom is -0.456 e.